The van der Waals surface area contributed by atoms with Crippen LogP contribution in [0, 0.1) is 5.82 Å². The van der Waals surface area contributed by atoms with Crippen molar-refractivity contribution in [2.45, 2.75) is 6.04 Å². The lowest BCUT2D eigenvalue weighted by Crippen LogP contribution is -2.37. The number of ether oxygens (including phenoxy) is 2. The quantitative estimate of drug-likeness (QED) is 0.502. The summed E-state index contributed by atoms with van der Waals surface area (Å²) in [5.74, 6) is 1.06. The summed E-state index contributed by atoms with van der Waals surface area (Å²) in [6.07, 6.45) is 0. The molecule has 3 aromatic rings. The SMILES string of the molecule is COc1ccc(C(NCC(=O)NCCOc2ccccc2)c2ccc(F)cc2)cc1. The van der Waals surface area contributed by atoms with E-state index in [0.717, 1.165) is 22.6 Å². The first-order valence-corrected chi connectivity index (χ1v) is 9.73. The Morgan fingerprint density at radius 1 is 0.900 bits per heavy atom. The van der Waals surface area contributed by atoms with Gasteiger partial charge in [-0.2, -0.15) is 0 Å². The topological polar surface area (TPSA) is 59.6 Å². The molecular weight excluding hydrogens is 383 g/mol. The Morgan fingerprint density at radius 3 is 2.17 bits per heavy atom. The molecule has 3 rings (SSSR count). The predicted octanol–water partition coefficient (Wildman–Crippen LogP) is 3.71. The molecular formula is C24H25FN2O3. The van der Waals surface area contributed by atoms with Crippen LogP contribution < -0.4 is 20.1 Å². The van der Waals surface area contributed by atoms with E-state index in [1.54, 1.807) is 19.2 Å². The summed E-state index contributed by atoms with van der Waals surface area (Å²) in [5.41, 5.74) is 1.81. The Balaban J connectivity index is 1.55. The highest BCUT2D eigenvalue weighted by atomic mass is 19.1. The van der Waals surface area contributed by atoms with Crippen LogP contribution in [-0.2, 0) is 4.79 Å². The van der Waals surface area contributed by atoms with Crippen molar-refractivity contribution in [2.75, 3.05) is 26.8 Å². The van der Waals surface area contributed by atoms with E-state index < -0.39 is 0 Å². The molecule has 1 unspecified atom stereocenters. The molecule has 0 aliphatic heterocycles. The van der Waals surface area contributed by atoms with Crippen LogP contribution in [0.15, 0.2) is 78.9 Å². The van der Waals surface area contributed by atoms with Crippen molar-refractivity contribution in [3.05, 3.63) is 95.8 Å². The van der Waals surface area contributed by atoms with Gasteiger partial charge < -0.3 is 14.8 Å². The van der Waals surface area contributed by atoms with E-state index in [4.69, 9.17) is 9.47 Å². The summed E-state index contributed by atoms with van der Waals surface area (Å²) in [4.78, 5) is 12.3. The minimum atomic E-state index is -0.302. The van der Waals surface area contributed by atoms with Gasteiger partial charge in [-0.15, -0.1) is 0 Å². The van der Waals surface area contributed by atoms with Gasteiger partial charge in [-0.1, -0.05) is 42.5 Å². The monoisotopic (exact) mass is 408 g/mol. The number of methoxy groups -OCH3 is 1. The van der Waals surface area contributed by atoms with E-state index in [-0.39, 0.29) is 24.3 Å². The van der Waals surface area contributed by atoms with E-state index >= 15 is 0 Å². The Labute approximate surface area is 175 Å². The fraction of sp³-hybridized carbons (Fsp3) is 0.208. The molecule has 0 spiro atoms. The molecule has 1 atom stereocenters. The molecule has 156 valence electrons. The van der Waals surface area contributed by atoms with Gasteiger partial charge in [0, 0.05) is 0 Å². The average Bonchev–Trinajstić information content (AvgIpc) is 2.79. The van der Waals surface area contributed by atoms with Gasteiger partial charge in [0.25, 0.3) is 0 Å². The highest BCUT2D eigenvalue weighted by Crippen LogP contribution is 2.24. The number of amides is 1. The largest absolute Gasteiger partial charge is 0.497 e. The molecule has 2 N–H and O–H groups in total. The summed E-state index contributed by atoms with van der Waals surface area (Å²) >= 11 is 0. The lowest BCUT2D eigenvalue weighted by Gasteiger charge is -2.20. The van der Waals surface area contributed by atoms with Crippen LogP contribution in [0.2, 0.25) is 0 Å². The second kappa shape index (κ2) is 11.0. The third-order valence-electron chi connectivity index (χ3n) is 4.56. The number of benzene rings is 3. The number of carbonyl (C=O) groups excluding carboxylic acids is 1. The summed E-state index contributed by atoms with van der Waals surface area (Å²) in [6.45, 7) is 0.897. The first kappa shape index (κ1) is 21.3. The Kier molecular flexibility index (Phi) is 7.80. The van der Waals surface area contributed by atoms with E-state index in [1.807, 2.05) is 54.6 Å². The van der Waals surface area contributed by atoms with E-state index in [0.29, 0.717) is 13.2 Å². The molecule has 0 heterocycles. The van der Waals surface area contributed by atoms with Crippen molar-refractivity contribution in [1.29, 1.82) is 0 Å². The number of hydrogen-bond acceptors (Lipinski definition) is 4. The first-order valence-electron chi connectivity index (χ1n) is 9.73. The van der Waals surface area contributed by atoms with Gasteiger partial charge in [0.1, 0.15) is 23.9 Å². The Hall–Kier alpha value is -3.38. The Bertz CT molecular complexity index is 915. The maximum absolute atomic E-state index is 13.3. The molecule has 6 heteroatoms. The predicted molar refractivity (Wildman–Crippen MR) is 114 cm³/mol. The van der Waals surface area contributed by atoms with Crippen LogP contribution >= 0.6 is 0 Å². The maximum Gasteiger partial charge on any atom is 0.234 e. The zero-order valence-corrected chi connectivity index (χ0v) is 16.8. The number of para-hydroxylation sites is 1. The summed E-state index contributed by atoms with van der Waals surface area (Å²) in [6, 6.07) is 23.0. The molecule has 5 nitrogen and oxygen atoms in total. The fourth-order valence-corrected chi connectivity index (χ4v) is 3.01. The molecule has 30 heavy (non-hydrogen) atoms. The Morgan fingerprint density at radius 2 is 1.53 bits per heavy atom. The minimum Gasteiger partial charge on any atom is -0.497 e. The van der Waals surface area contributed by atoms with Crippen LogP contribution in [0.4, 0.5) is 4.39 Å². The van der Waals surface area contributed by atoms with Crippen LogP contribution in [0.25, 0.3) is 0 Å². The molecule has 0 bridgehead atoms. The van der Waals surface area contributed by atoms with Gasteiger partial charge in [-0.25, -0.2) is 4.39 Å². The molecule has 0 radical (unpaired) electrons. The maximum atomic E-state index is 13.3. The molecule has 0 saturated heterocycles. The number of nitrogens with one attached hydrogen (secondary N) is 2. The van der Waals surface area contributed by atoms with Crippen molar-refractivity contribution < 1.29 is 18.7 Å². The molecule has 0 saturated carbocycles. The van der Waals surface area contributed by atoms with Gasteiger partial charge in [0.05, 0.1) is 26.2 Å². The van der Waals surface area contributed by atoms with Gasteiger partial charge in [0.2, 0.25) is 5.91 Å². The minimum absolute atomic E-state index is 0.111. The van der Waals surface area contributed by atoms with Crippen molar-refractivity contribution in [3.63, 3.8) is 0 Å². The number of rotatable bonds is 10. The molecule has 0 aliphatic rings. The summed E-state index contributed by atoms with van der Waals surface area (Å²) in [7, 11) is 1.61. The van der Waals surface area contributed by atoms with E-state index in [1.165, 1.54) is 12.1 Å². The molecule has 1 amide bonds. The first-order chi connectivity index (χ1) is 14.7. The second-order valence-corrected chi connectivity index (χ2v) is 6.65. The molecule has 0 fully saturated rings. The fourth-order valence-electron chi connectivity index (χ4n) is 3.01. The average molecular weight is 408 g/mol. The number of hydrogen-bond donors (Lipinski definition) is 2. The van der Waals surface area contributed by atoms with E-state index in [2.05, 4.69) is 10.6 Å². The third-order valence-corrected chi connectivity index (χ3v) is 4.56. The highest BCUT2D eigenvalue weighted by molar-refractivity contribution is 5.78. The third kappa shape index (κ3) is 6.32. The van der Waals surface area contributed by atoms with Gasteiger partial charge in [-0.05, 0) is 47.5 Å². The standard InChI is InChI=1S/C24H25FN2O3/c1-29-21-13-9-19(10-14-21)24(18-7-11-20(25)12-8-18)27-17-23(28)26-15-16-30-22-5-3-2-4-6-22/h2-14,24,27H,15-17H2,1H3,(H,26,28). The number of halogens is 1. The van der Waals surface area contributed by atoms with Gasteiger partial charge in [0.15, 0.2) is 0 Å². The van der Waals surface area contributed by atoms with Gasteiger partial charge in [-0.3, -0.25) is 10.1 Å². The van der Waals surface area contributed by atoms with Crippen LogP contribution in [0.3, 0.4) is 0 Å². The van der Waals surface area contributed by atoms with Gasteiger partial charge >= 0.3 is 0 Å². The lowest BCUT2D eigenvalue weighted by atomic mass is 9.98. The highest BCUT2D eigenvalue weighted by Gasteiger charge is 2.15. The van der Waals surface area contributed by atoms with Crippen molar-refractivity contribution in [3.8, 4) is 11.5 Å². The van der Waals surface area contributed by atoms with Crippen molar-refractivity contribution >= 4 is 5.91 Å². The smallest absolute Gasteiger partial charge is 0.234 e. The van der Waals surface area contributed by atoms with Crippen molar-refractivity contribution in [2.24, 2.45) is 0 Å². The van der Waals surface area contributed by atoms with Crippen LogP contribution in [-0.4, -0.2) is 32.7 Å². The van der Waals surface area contributed by atoms with E-state index in [9.17, 15) is 9.18 Å². The summed E-state index contributed by atoms with van der Waals surface area (Å²) < 4.78 is 24.1. The summed E-state index contributed by atoms with van der Waals surface area (Å²) in [5, 5.41) is 6.08. The van der Waals surface area contributed by atoms with Crippen LogP contribution in [0.5, 0.6) is 11.5 Å². The lowest BCUT2D eigenvalue weighted by molar-refractivity contribution is -0.120. The van der Waals surface area contributed by atoms with Crippen molar-refractivity contribution in [1.82, 2.24) is 10.6 Å². The molecule has 0 aromatic heterocycles. The normalized spacial score (nSPS) is 11.5. The second-order valence-electron chi connectivity index (χ2n) is 6.65. The van der Waals surface area contributed by atoms with Crippen LogP contribution in [0.1, 0.15) is 17.2 Å². The molecule has 3 aromatic carbocycles. The zero-order valence-electron chi connectivity index (χ0n) is 16.8. The number of carbonyl (C=O) groups is 1. The zero-order chi connectivity index (χ0) is 21.2. The molecule has 0 aliphatic carbocycles.